The number of halogens is 1. The van der Waals surface area contributed by atoms with Crippen LogP contribution in [0.2, 0.25) is 0 Å². The van der Waals surface area contributed by atoms with Crippen LogP contribution < -0.4 is 10.1 Å². The van der Waals surface area contributed by atoms with Gasteiger partial charge in [0, 0.05) is 6.54 Å². The molecule has 1 aromatic rings. The summed E-state index contributed by atoms with van der Waals surface area (Å²) in [5.41, 5.74) is 0. The highest BCUT2D eigenvalue weighted by Crippen LogP contribution is 2.27. The van der Waals surface area contributed by atoms with Crippen molar-refractivity contribution in [2.45, 2.75) is 31.8 Å². The van der Waals surface area contributed by atoms with E-state index < -0.39 is 11.9 Å². The third-order valence-corrected chi connectivity index (χ3v) is 3.65. The molecule has 4 nitrogen and oxygen atoms in total. The Morgan fingerprint density at radius 1 is 1.40 bits per heavy atom. The van der Waals surface area contributed by atoms with E-state index >= 15 is 0 Å². The Bertz CT molecular complexity index is 446. The summed E-state index contributed by atoms with van der Waals surface area (Å²) in [5, 5.41) is 12.5. The van der Waals surface area contributed by atoms with Crippen molar-refractivity contribution >= 4 is 5.91 Å². The minimum absolute atomic E-state index is 0.0546. The predicted octanol–water partition coefficient (Wildman–Crippen LogP) is 1.87. The number of rotatable bonds is 6. The third kappa shape index (κ3) is 4.20. The largest absolute Gasteiger partial charge is 0.481 e. The van der Waals surface area contributed by atoms with Gasteiger partial charge in [0.1, 0.15) is 0 Å². The van der Waals surface area contributed by atoms with Gasteiger partial charge in [-0.15, -0.1) is 0 Å². The van der Waals surface area contributed by atoms with Crippen molar-refractivity contribution in [2.24, 2.45) is 5.92 Å². The zero-order chi connectivity index (χ0) is 14.4. The lowest BCUT2D eigenvalue weighted by molar-refractivity contribution is -0.123. The van der Waals surface area contributed by atoms with E-state index in [4.69, 9.17) is 4.74 Å². The van der Waals surface area contributed by atoms with Crippen LogP contribution in [0.4, 0.5) is 4.39 Å². The molecular formula is C15H20FNO3. The maximum Gasteiger partial charge on any atom is 0.258 e. The zero-order valence-corrected chi connectivity index (χ0v) is 11.3. The lowest BCUT2D eigenvalue weighted by Crippen LogP contribution is -2.38. The van der Waals surface area contributed by atoms with Gasteiger partial charge in [-0.2, -0.15) is 0 Å². The molecule has 0 bridgehead atoms. The highest BCUT2D eigenvalue weighted by molar-refractivity contribution is 5.77. The Morgan fingerprint density at radius 2 is 2.10 bits per heavy atom. The van der Waals surface area contributed by atoms with Crippen molar-refractivity contribution in [3.8, 4) is 5.75 Å². The van der Waals surface area contributed by atoms with Crippen LogP contribution in [0.1, 0.15) is 25.7 Å². The summed E-state index contributed by atoms with van der Waals surface area (Å²) >= 11 is 0. The molecule has 0 heterocycles. The quantitative estimate of drug-likeness (QED) is 0.837. The molecule has 1 fully saturated rings. The summed E-state index contributed by atoms with van der Waals surface area (Å²) in [4.78, 5) is 11.6. The Hall–Kier alpha value is -1.62. The fourth-order valence-electron chi connectivity index (χ4n) is 2.48. The van der Waals surface area contributed by atoms with Crippen molar-refractivity contribution in [3.63, 3.8) is 0 Å². The van der Waals surface area contributed by atoms with E-state index in [1.165, 1.54) is 12.1 Å². The van der Waals surface area contributed by atoms with Crippen LogP contribution in [0.3, 0.4) is 0 Å². The van der Waals surface area contributed by atoms with Gasteiger partial charge in [0.2, 0.25) is 0 Å². The molecule has 1 aliphatic rings. The lowest BCUT2D eigenvalue weighted by atomic mass is 10.0. The van der Waals surface area contributed by atoms with Crippen LogP contribution >= 0.6 is 0 Å². The van der Waals surface area contributed by atoms with Crippen LogP contribution in [0.5, 0.6) is 5.75 Å². The minimum Gasteiger partial charge on any atom is -0.481 e. The van der Waals surface area contributed by atoms with Gasteiger partial charge in [0.05, 0.1) is 6.10 Å². The second kappa shape index (κ2) is 7.24. The van der Waals surface area contributed by atoms with Crippen LogP contribution in [0.15, 0.2) is 24.3 Å². The van der Waals surface area contributed by atoms with Crippen molar-refractivity contribution < 1.29 is 19.0 Å². The number of aliphatic hydroxyl groups is 1. The molecule has 0 aliphatic heterocycles. The van der Waals surface area contributed by atoms with Crippen molar-refractivity contribution in [1.29, 1.82) is 0 Å². The second-order valence-electron chi connectivity index (χ2n) is 5.14. The van der Waals surface area contributed by atoms with Crippen molar-refractivity contribution in [3.05, 3.63) is 30.1 Å². The number of nitrogens with one attached hydrogen (secondary N) is 1. The third-order valence-electron chi connectivity index (χ3n) is 3.65. The molecule has 1 aliphatic carbocycles. The summed E-state index contributed by atoms with van der Waals surface area (Å²) in [6.07, 6.45) is 3.82. The van der Waals surface area contributed by atoms with E-state index in [1.807, 2.05) is 0 Å². The lowest BCUT2D eigenvalue weighted by Gasteiger charge is -2.18. The van der Waals surface area contributed by atoms with Crippen molar-refractivity contribution in [2.75, 3.05) is 13.2 Å². The van der Waals surface area contributed by atoms with E-state index in [0.717, 1.165) is 25.7 Å². The van der Waals surface area contributed by atoms with E-state index in [1.54, 1.807) is 12.1 Å². The maximum atomic E-state index is 13.3. The first-order chi connectivity index (χ1) is 9.66. The van der Waals surface area contributed by atoms with Crippen molar-refractivity contribution in [1.82, 2.24) is 5.32 Å². The molecule has 2 rings (SSSR count). The second-order valence-corrected chi connectivity index (χ2v) is 5.14. The SMILES string of the molecule is O=C(COc1ccccc1F)NCC(O)C1CCCC1. The van der Waals surface area contributed by atoms with Gasteiger partial charge in [-0.1, -0.05) is 25.0 Å². The topological polar surface area (TPSA) is 58.6 Å². The molecular weight excluding hydrogens is 261 g/mol. The van der Waals surface area contributed by atoms with E-state index in [9.17, 15) is 14.3 Å². The normalized spacial score (nSPS) is 16.9. The van der Waals surface area contributed by atoms with Gasteiger partial charge in [-0.05, 0) is 30.9 Å². The molecule has 0 spiro atoms. The number of hydrogen-bond donors (Lipinski definition) is 2. The van der Waals surface area contributed by atoms with Crippen LogP contribution in [0, 0.1) is 11.7 Å². The molecule has 1 amide bonds. The van der Waals surface area contributed by atoms with E-state index in [2.05, 4.69) is 5.32 Å². The summed E-state index contributed by atoms with van der Waals surface area (Å²) in [7, 11) is 0. The van der Waals surface area contributed by atoms with Gasteiger partial charge in [-0.25, -0.2) is 4.39 Å². The Morgan fingerprint density at radius 3 is 2.80 bits per heavy atom. The number of para-hydroxylation sites is 1. The Kier molecular flexibility index (Phi) is 5.35. The highest BCUT2D eigenvalue weighted by atomic mass is 19.1. The van der Waals surface area contributed by atoms with E-state index in [-0.39, 0.29) is 30.7 Å². The molecule has 5 heteroatoms. The zero-order valence-electron chi connectivity index (χ0n) is 11.3. The standard InChI is InChI=1S/C15H20FNO3/c16-12-7-3-4-8-14(12)20-10-15(19)17-9-13(18)11-5-1-2-6-11/h3-4,7-8,11,13,18H,1-2,5-6,9-10H2,(H,17,19). The monoisotopic (exact) mass is 281 g/mol. The molecule has 20 heavy (non-hydrogen) atoms. The van der Waals surface area contributed by atoms with Gasteiger partial charge in [0.25, 0.3) is 5.91 Å². The number of amides is 1. The molecule has 0 radical (unpaired) electrons. The van der Waals surface area contributed by atoms with Gasteiger partial charge in [0.15, 0.2) is 18.2 Å². The molecule has 1 aromatic carbocycles. The van der Waals surface area contributed by atoms with Gasteiger partial charge in [-0.3, -0.25) is 4.79 Å². The number of hydrogen-bond acceptors (Lipinski definition) is 3. The van der Waals surface area contributed by atoms with Crippen LogP contribution in [-0.2, 0) is 4.79 Å². The molecule has 1 saturated carbocycles. The molecule has 1 unspecified atom stereocenters. The van der Waals surface area contributed by atoms with Gasteiger partial charge >= 0.3 is 0 Å². The van der Waals surface area contributed by atoms with Gasteiger partial charge < -0.3 is 15.2 Å². The molecule has 2 N–H and O–H groups in total. The summed E-state index contributed by atoms with van der Waals surface area (Å²) < 4.78 is 18.3. The molecule has 110 valence electrons. The number of carbonyl (C=O) groups excluding carboxylic acids is 1. The number of aliphatic hydroxyl groups excluding tert-OH is 1. The van der Waals surface area contributed by atoms with E-state index in [0.29, 0.717) is 0 Å². The summed E-state index contributed by atoms with van der Waals surface area (Å²) in [6, 6.07) is 5.94. The molecule has 0 saturated heterocycles. The molecule has 1 atom stereocenters. The highest BCUT2D eigenvalue weighted by Gasteiger charge is 2.23. The first-order valence-electron chi connectivity index (χ1n) is 6.99. The number of carbonyl (C=O) groups is 1. The Balaban J connectivity index is 1.69. The first kappa shape index (κ1) is 14.8. The average molecular weight is 281 g/mol. The smallest absolute Gasteiger partial charge is 0.258 e. The fourth-order valence-corrected chi connectivity index (χ4v) is 2.48. The van der Waals surface area contributed by atoms with Crippen LogP contribution in [0.25, 0.3) is 0 Å². The average Bonchev–Trinajstić information content (AvgIpc) is 2.98. The Labute approximate surface area is 117 Å². The molecule has 0 aromatic heterocycles. The predicted molar refractivity (Wildman–Crippen MR) is 72.9 cm³/mol. The summed E-state index contributed by atoms with van der Waals surface area (Å²) in [6.45, 7) is -0.0253. The summed E-state index contributed by atoms with van der Waals surface area (Å²) in [5.74, 6) is -0.515. The maximum absolute atomic E-state index is 13.3. The van der Waals surface area contributed by atoms with Crippen LogP contribution in [-0.4, -0.2) is 30.3 Å². The minimum atomic E-state index is -0.505. The number of ether oxygens (including phenoxy) is 1. The number of benzene rings is 1. The first-order valence-corrected chi connectivity index (χ1v) is 6.99. The fraction of sp³-hybridized carbons (Fsp3) is 0.533.